The fourth-order valence-corrected chi connectivity index (χ4v) is 6.77. The van der Waals surface area contributed by atoms with Crippen LogP contribution in [-0.4, -0.2) is 39.5 Å². The van der Waals surface area contributed by atoms with Crippen LogP contribution in [0.4, 0.5) is 0 Å². The number of methoxy groups -OCH3 is 1. The number of esters is 2. The lowest BCUT2D eigenvalue weighted by Gasteiger charge is -2.50. The summed E-state index contributed by atoms with van der Waals surface area (Å²) in [5, 5.41) is 0.467. The molecule has 2 unspecified atom stereocenters. The summed E-state index contributed by atoms with van der Waals surface area (Å²) < 4.78 is 18.9. The lowest BCUT2D eigenvalue weighted by atomic mass is 9.59. The lowest BCUT2D eigenvalue weighted by Crippen LogP contribution is -2.49. The van der Waals surface area contributed by atoms with E-state index in [9.17, 15) is 14.4 Å². The molecule has 5 rings (SSSR count). The molecule has 0 radical (unpaired) electrons. The molecular formula is C36H42ClN3O6. The van der Waals surface area contributed by atoms with Crippen LogP contribution in [-0.2, 0) is 4.74 Å². The average Bonchev–Trinajstić information content (AvgIpc) is 3.31. The van der Waals surface area contributed by atoms with E-state index in [1.54, 1.807) is 54.6 Å². The number of fused-ring (bicyclic) bond motifs is 1. The highest BCUT2D eigenvalue weighted by Gasteiger charge is 2.48. The molecule has 0 aliphatic heterocycles. The number of hydrogen-bond donors (Lipinski definition) is 1. The maximum atomic E-state index is 14.7. The molecular weight excluding hydrogens is 606 g/mol. The number of aromatic amines is 1. The first kappa shape index (κ1) is 33.3. The normalized spacial score (nSPS) is 20.4. The molecule has 2 aromatic carbocycles. The van der Waals surface area contributed by atoms with E-state index in [2.05, 4.69) is 58.4 Å². The number of aromatic nitrogens is 3. The van der Waals surface area contributed by atoms with Crippen molar-refractivity contribution in [1.82, 2.24) is 14.4 Å². The van der Waals surface area contributed by atoms with Gasteiger partial charge in [-0.3, -0.25) is 4.98 Å². The molecule has 0 amide bonds. The number of carbonyl (C=O) groups is 2. The number of H-pyrrole nitrogens is 1. The van der Waals surface area contributed by atoms with Crippen LogP contribution in [0.5, 0.6) is 11.9 Å². The Morgan fingerprint density at radius 2 is 1.50 bits per heavy atom. The molecule has 10 heteroatoms. The first-order valence-corrected chi connectivity index (χ1v) is 15.9. The van der Waals surface area contributed by atoms with E-state index in [0.717, 1.165) is 17.2 Å². The second-order valence-electron chi connectivity index (χ2n) is 14.4. The van der Waals surface area contributed by atoms with Crippen molar-refractivity contribution in [2.24, 2.45) is 28.6 Å². The molecule has 0 bridgehead atoms. The van der Waals surface area contributed by atoms with E-state index in [0.29, 0.717) is 16.5 Å². The van der Waals surface area contributed by atoms with Gasteiger partial charge in [0.15, 0.2) is 5.65 Å². The van der Waals surface area contributed by atoms with Gasteiger partial charge in [0, 0.05) is 16.9 Å². The summed E-state index contributed by atoms with van der Waals surface area (Å²) in [4.78, 5) is 48.8. The van der Waals surface area contributed by atoms with Gasteiger partial charge in [-0.2, -0.15) is 4.98 Å². The van der Waals surface area contributed by atoms with Crippen LogP contribution in [0.25, 0.3) is 16.8 Å². The van der Waals surface area contributed by atoms with Crippen LogP contribution in [0, 0.1) is 28.6 Å². The Balaban J connectivity index is 1.76. The summed E-state index contributed by atoms with van der Waals surface area (Å²) >= 11 is 6.24. The minimum Gasteiger partial charge on any atom is -0.468 e. The average molecular weight is 648 g/mol. The topological polar surface area (TPSA) is 112 Å². The van der Waals surface area contributed by atoms with Crippen molar-refractivity contribution >= 4 is 29.2 Å². The van der Waals surface area contributed by atoms with E-state index < -0.39 is 23.7 Å². The van der Waals surface area contributed by atoms with Crippen LogP contribution in [0.1, 0.15) is 82.0 Å². The summed E-state index contributed by atoms with van der Waals surface area (Å²) in [7, 11) is 1.36. The van der Waals surface area contributed by atoms with Gasteiger partial charge in [0.2, 0.25) is 5.88 Å². The molecule has 1 N–H and O–H groups in total. The molecule has 2 atom stereocenters. The maximum Gasteiger partial charge on any atom is 0.344 e. The number of hydrogen-bond acceptors (Lipinski definition) is 7. The smallest absolute Gasteiger partial charge is 0.344 e. The van der Waals surface area contributed by atoms with Crippen molar-refractivity contribution in [3.8, 4) is 23.0 Å². The van der Waals surface area contributed by atoms with Crippen molar-refractivity contribution in [3.05, 3.63) is 81.2 Å². The molecule has 2 heterocycles. The molecule has 46 heavy (non-hydrogen) atoms. The molecule has 0 spiro atoms. The van der Waals surface area contributed by atoms with Crippen LogP contribution >= 0.6 is 11.6 Å². The Labute approximate surface area is 274 Å². The van der Waals surface area contributed by atoms with Gasteiger partial charge in [-0.15, -0.1) is 0 Å². The molecule has 9 nitrogen and oxygen atoms in total. The Morgan fingerprint density at radius 1 is 0.913 bits per heavy atom. The maximum absolute atomic E-state index is 14.7. The van der Waals surface area contributed by atoms with E-state index in [1.165, 1.54) is 7.11 Å². The number of nitrogens with one attached hydrogen (secondary N) is 1. The molecule has 244 valence electrons. The Morgan fingerprint density at radius 3 is 2.04 bits per heavy atom. The Bertz CT molecular complexity index is 1770. The van der Waals surface area contributed by atoms with Gasteiger partial charge in [0.05, 0.1) is 18.2 Å². The van der Waals surface area contributed by atoms with Crippen LogP contribution in [0.2, 0.25) is 5.02 Å². The van der Waals surface area contributed by atoms with Gasteiger partial charge < -0.3 is 14.2 Å². The lowest BCUT2D eigenvalue weighted by molar-refractivity contribution is -0.0922. The van der Waals surface area contributed by atoms with Gasteiger partial charge in [0.1, 0.15) is 11.7 Å². The highest BCUT2D eigenvalue weighted by molar-refractivity contribution is 6.30. The van der Waals surface area contributed by atoms with E-state index in [4.69, 9.17) is 25.8 Å². The third-order valence-corrected chi connectivity index (χ3v) is 9.28. The molecule has 1 saturated carbocycles. The standard InChI is InChI=1S/C36H42ClN3O6/c1-20-18-24(35(2,3)4)28(25(19-20)36(5,6)7)45-32(42)27-26(21-14-16-23(37)17-15-21)30(46-31(41)22-12-10-9-11-13-22)40-29(27)38-33(44-8)39-34(40)43/h9-17,20,24-25,28H,18-19H2,1-8H3,(H,38,39,43). The molecule has 1 aliphatic carbocycles. The van der Waals surface area contributed by atoms with E-state index in [-0.39, 0.29) is 56.9 Å². The predicted octanol–water partition coefficient (Wildman–Crippen LogP) is 7.85. The number of ether oxygens (including phenoxy) is 3. The summed E-state index contributed by atoms with van der Waals surface area (Å²) in [6, 6.07) is 15.0. The zero-order chi connectivity index (χ0) is 33.6. The number of nitrogens with zero attached hydrogens (tertiary/aromatic N) is 2. The molecule has 1 aliphatic rings. The van der Waals surface area contributed by atoms with Crippen molar-refractivity contribution in [2.75, 3.05) is 7.11 Å². The van der Waals surface area contributed by atoms with Gasteiger partial charge in [-0.05, 0) is 59.4 Å². The third-order valence-electron chi connectivity index (χ3n) is 9.03. The number of rotatable bonds is 6. The summed E-state index contributed by atoms with van der Waals surface area (Å²) in [5.74, 6) is -0.972. The minimum atomic E-state index is -0.716. The quantitative estimate of drug-likeness (QED) is 0.212. The Hall–Kier alpha value is -4.11. The zero-order valence-electron chi connectivity index (χ0n) is 27.6. The number of halogens is 1. The first-order valence-electron chi connectivity index (χ1n) is 15.6. The fourth-order valence-electron chi connectivity index (χ4n) is 6.65. The van der Waals surface area contributed by atoms with Crippen molar-refractivity contribution in [3.63, 3.8) is 0 Å². The first-order chi connectivity index (χ1) is 21.6. The van der Waals surface area contributed by atoms with Crippen molar-refractivity contribution < 1.29 is 23.8 Å². The summed E-state index contributed by atoms with van der Waals surface area (Å²) in [6.45, 7) is 15.3. The highest BCUT2D eigenvalue weighted by atomic mass is 35.5. The summed E-state index contributed by atoms with van der Waals surface area (Å²) in [5.41, 5.74) is -0.164. The van der Waals surface area contributed by atoms with E-state index in [1.807, 2.05) is 0 Å². The van der Waals surface area contributed by atoms with Crippen LogP contribution in [0.15, 0.2) is 59.4 Å². The second kappa shape index (κ2) is 12.6. The third kappa shape index (κ3) is 6.56. The molecule has 0 saturated heterocycles. The SMILES string of the molecule is COc1nc2c(C(=O)OC3C(C(C)(C)C)CC(C)CC3C(C)(C)C)c(-c3ccc(Cl)cc3)c(OC(=O)c3ccccc3)n2c(=O)[nH]1. The highest BCUT2D eigenvalue weighted by Crippen LogP contribution is 2.50. The molecule has 2 aromatic heterocycles. The van der Waals surface area contributed by atoms with Crippen LogP contribution in [0.3, 0.4) is 0 Å². The van der Waals surface area contributed by atoms with E-state index >= 15 is 0 Å². The van der Waals surface area contributed by atoms with Gasteiger partial charge in [-0.25, -0.2) is 18.8 Å². The zero-order valence-corrected chi connectivity index (χ0v) is 28.4. The monoisotopic (exact) mass is 647 g/mol. The largest absolute Gasteiger partial charge is 0.468 e. The molecule has 4 aromatic rings. The number of benzene rings is 2. The van der Waals surface area contributed by atoms with Gasteiger partial charge in [-0.1, -0.05) is 90.4 Å². The minimum absolute atomic E-state index is 0.0125. The van der Waals surface area contributed by atoms with Crippen LogP contribution < -0.4 is 15.2 Å². The number of carbonyl (C=O) groups excluding carboxylic acids is 2. The second-order valence-corrected chi connectivity index (χ2v) is 14.9. The van der Waals surface area contributed by atoms with Crippen molar-refractivity contribution in [1.29, 1.82) is 0 Å². The fraction of sp³-hybridized carbons (Fsp3) is 0.444. The summed E-state index contributed by atoms with van der Waals surface area (Å²) in [6.07, 6.45) is 1.39. The van der Waals surface area contributed by atoms with Crippen molar-refractivity contribution in [2.45, 2.75) is 67.4 Å². The Kier molecular flexibility index (Phi) is 9.10. The predicted molar refractivity (Wildman–Crippen MR) is 178 cm³/mol. The molecule has 1 fully saturated rings. The van der Waals surface area contributed by atoms with Gasteiger partial charge in [0.25, 0.3) is 6.01 Å². The van der Waals surface area contributed by atoms with Gasteiger partial charge >= 0.3 is 17.6 Å².